The SMILES string of the molecule is Clc1ccc(CNCCN2CCSCC2)o1. The Morgan fingerprint density at radius 2 is 2.19 bits per heavy atom. The van der Waals surface area contributed by atoms with Crippen LogP contribution in [-0.2, 0) is 6.54 Å². The first-order valence-corrected chi connectivity index (χ1v) is 7.13. The lowest BCUT2D eigenvalue weighted by Crippen LogP contribution is -2.37. The highest BCUT2D eigenvalue weighted by Crippen LogP contribution is 2.12. The van der Waals surface area contributed by atoms with Crippen LogP contribution >= 0.6 is 23.4 Å². The maximum atomic E-state index is 5.69. The lowest BCUT2D eigenvalue weighted by Gasteiger charge is -2.25. The molecule has 0 aliphatic carbocycles. The van der Waals surface area contributed by atoms with Gasteiger partial charge in [-0.1, -0.05) is 0 Å². The smallest absolute Gasteiger partial charge is 0.193 e. The molecule has 3 nitrogen and oxygen atoms in total. The molecule has 5 heteroatoms. The lowest BCUT2D eigenvalue weighted by atomic mass is 10.4. The second-order valence-electron chi connectivity index (χ2n) is 3.84. The Morgan fingerprint density at radius 1 is 1.38 bits per heavy atom. The van der Waals surface area contributed by atoms with Crippen molar-refractivity contribution in [1.29, 1.82) is 0 Å². The summed E-state index contributed by atoms with van der Waals surface area (Å²) in [4.78, 5) is 2.50. The molecule has 1 aromatic heterocycles. The van der Waals surface area contributed by atoms with Gasteiger partial charge in [0, 0.05) is 37.7 Å². The van der Waals surface area contributed by atoms with Crippen molar-refractivity contribution in [3.8, 4) is 0 Å². The molecule has 2 rings (SSSR count). The molecule has 0 saturated carbocycles. The van der Waals surface area contributed by atoms with E-state index in [4.69, 9.17) is 16.0 Å². The summed E-state index contributed by atoms with van der Waals surface area (Å²) in [5.74, 6) is 3.45. The predicted octanol–water partition coefficient (Wildman–Crippen LogP) is 2.07. The summed E-state index contributed by atoms with van der Waals surface area (Å²) in [6, 6.07) is 3.69. The van der Waals surface area contributed by atoms with Crippen molar-refractivity contribution >= 4 is 23.4 Å². The van der Waals surface area contributed by atoms with Crippen LogP contribution in [0.1, 0.15) is 5.76 Å². The van der Waals surface area contributed by atoms with E-state index in [1.807, 2.05) is 17.8 Å². The van der Waals surface area contributed by atoms with E-state index in [0.717, 1.165) is 25.4 Å². The number of nitrogens with one attached hydrogen (secondary N) is 1. The molecule has 1 fully saturated rings. The van der Waals surface area contributed by atoms with Crippen LogP contribution in [0.5, 0.6) is 0 Å². The van der Waals surface area contributed by atoms with Gasteiger partial charge in [-0.15, -0.1) is 0 Å². The Labute approximate surface area is 106 Å². The van der Waals surface area contributed by atoms with Crippen LogP contribution in [0.15, 0.2) is 16.5 Å². The molecule has 0 radical (unpaired) electrons. The third kappa shape index (κ3) is 4.01. The molecule has 0 amide bonds. The van der Waals surface area contributed by atoms with Gasteiger partial charge >= 0.3 is 0 Å². The monoisotopic (exact) mass is 260 g/mol. The van der Waals surface area contributed by atoms with E-state index in [2.05, 4.69) is 10.2 Å². The van der Waals surface area contributed by atoms with Crippen molar-refractivity contribution in [2.75, 3.05) is 37.7 Å². The molecule has 0 bridgehead atoms. The number of hydrogen-bond acceptors (Lipinski definition) is 4. The summed E-state index contributed by atoms with van der Waals surface area (Å²) in [5.41, 5.74) is 0. The average molecular weight is 261 g/mol. The van der Waals surface area contributed by atoms with Gasteiger partial charge in [0.05, 0.1) is 6.54 Å². The van der Waals surface area contributed by atoms with Crippen molar-refractivity contribution < 1.29 is 4.42 Å². The minimum absolute atomic E-state index is 0.463. The number of hydrogen-bond donors (Lipinski definition) is 1. The molecule has 1 aliphatic heterocycles. The summed E-state index contributed by atoms with van der Waals surface area (Å²) in [6.45, 7) is 5.32. The molecular weight excluding hydrogens is 244 g/mol. The number of rotatable bonds is 5. The molecule has 16 heavy (non-hydrogen) atoms. The maximum absolute atomic E-state index is 5.69. The summed E-state index contributed by atoms with van der Waals surface area (Å²) in [7, 11) is 0. The van der Waals surface area contributed by atoms with Gasteiger partial charge in [0.2, 0.25) is 0 Å². The highest BCUT2D eigenvalue weighted by Gasteiger charge is 2.09. The van der Waals surface area contributed by atoms with Crippen molar-refractivity contribution in [1.82, 2.24) is 10.2 Å². The normalized spacial score (nSPS) is 17.8. The second kappa shape index (κ2) is 6.55. The summed E-state index contributed by atoms with van der Waals surface area (Å²) >= 11 is 7.74. The van der Waals surface area contributed by atoms with Gasteiger partial charge in [-0.3, -0.25) is 0 Å². The quantitative estimate of drug-likeness (QED) is 0.821. The molecule has 0 aromatic carbocycles. The van der Waals surface area contributed by atoms with Crippen LogP contribution < -0.4 is 5.32 Å². The molecule has 0 atom stereocenters. The number of halogens is 1. The highest BCUT2D eigenvalue weighted by atomic mass is 35.5. The van der Waals surface area contributed by atoms with E-state index in [1.54, 1.807) is 6.07 Å². The topological polar surface area (TPSA) is 28.4 Å². The van der Waals surface area contributed by atoms with E-state index in [0.29, 0.717) is 5.22 Å². The fourth-order valence-corrected chi connectivity index (χ4v) is 2.86. The van der Waals surface area contributed by atoms with Gasteiger partial charge in [-0.2, -0.15) is 11.8 Å². The third-order valence-corrected chi connectivity index (χ3v) is 3.78. The zero-order valence-corrected chi connectivity index (χ0v) is 10.8. The molecule has 2 heterocycles. The van der Waals surface area contributed by atoms with E-state index in [9.17, 15) is 0 Å². The second-order valence-corrected chi connectivity index (χ2v) is 5.43. The standard InChI is InChI=1S/C11H17ClN2OS/c12-11-2-1-10(15-11)9-13-3-4-14-5-7-16-8-6-14/h1-2,13H,3-9H2. The summed E-state index contributed by atoms with van der Waals surface area (Å²) in [6.07, 6.45) is 0. The first-order chi connectivity index (χ1) is 7.84. The fourth-order valence-electron chi connectivity index (χ4n) is 1.72. The van der Waals surface area contributed by atoms with Crippen LogP contribution in [0, 0.1) is 0 Å². The first kappa shape index (κ1) is 12.3. The van der Waals surface area contributed by atoms with Crippen molar-refractivity contribution in [2.45, 2.75) is 6.54 Å². The van der Waals surface area contributed by atoms with E-state index >= 15 is 0 Å². The minimum Gasteiger partial charge on any atom is -0.448 e. The van der Waals surface area contributed by atoms with E-state index in [1.165, 1.54) is 24.6 Å². The van der Waals surface area contributed by atoms with Crippen LogP contribution in [-0.4, -0.2) is 42.6 Å². The maximum Gasteiger partial charge on any atom is 0.193 e. The van der Waals surface area contributed by atoms with Gasteiger partial charge in [0.1, 0.15) is 5.76 Å². The first-order valence-electron chi connectivity index (χ1n) is 5.59. The highest BCUT2D eigenvalue weighted by molar-refractivity contribution is 7.99. The fraction of sp³-hybridized carbons (Fsp3) is 0.636. The molecular formula is C11H17ClN2OS. The molecule has 1 saturated heterocycles. The molecule has 1 aliphatic rings. The largest absolute Gasteiger partial charge is 0.448 e. The van der Waals surface area contributed by atoms with Gasteiger partial charge in [0.25, 0.3) is 0 Å². The van der Waals surface area contributed by atoms with Gasteiger partial charge in [0.15, 0.2) is 5.22 Å². The van der Waals surface area contributed by atoms with Gasteiger partial charge < -0.3 is 14.6 Å². The minimum atomic E-state index is 0.463. The third-order valence-electron chi connectivity index (χ3n) is 2.64. The molecule has 90 valence electrons. The van der Waals surface area contributed by atoms with E-state index < -0.39 is 0 Å². The Hall–Kier alpha value is -0.160. The zero-order valence-electron chi connectivity index (χ0n) is 9.25. The van der Waals surface area contributed by atoms with Crippen molar-refractivity contribution in [2.24, 2.45) is 0 Å². The Kier molecular flexibility index (Phi) is 5.03. The molecule has 0 unspecified atom stereocenters. The van der Waals surface area contributed by atoms with Gasteiger partial charge in [-0.25, -0.2) is 0 Å². The molecule has 0 spiro atoms. The van der Waals surface area contributed by atoms with Gasteiger partial charge in [-0.05, 0) is 23.7 Å². The number of nitrogens with zero attached hydrogens (tertiary/aromatic N) is 1. The van der Waals surface area contributed by atoms with Crippen LogP contribution in [0.25, 0.3) is 0 Å². The summed E-state index contributed by atoms with van der Waals surface area (Å²) < 4.78 is 5.26. The zero-order chi connectivity index (χ0) is 11.2. The Balaban J connectivity index is 1.57. The summed E-state index contributed by atoms with van der Waals surface area (Å²) in [5, 5.41) is 3.82. The van der Waals surface area contributed by atoms with E-state index in [-0.39, 0.29) is 0 Å². The number of furan rings is 1. The lowest BCUT2D eigenvalue weighted by molar-refractivity contribution is 0.299. The average Bonchev–Trinajstić information content (AvgIpc) is 2.72. The molecule has 1 aromatic rings. The van der Waals surface area contributed by atoms with Crippen LogP contribution in [0.3, 0.4) is 0 Å². The van der Waals surface area contributed by atoms with Crippen LogP contribution in [0.2, 0.25) is 5.22 Å². The number of thioether (sulfide) groups is 1. The molecule has 1 N–H and O–H groups in total. The predicted molar refractivity (Wildman–Crippen MR) is 69.2 cm³/mol. The van der Waals surface area contributed by atoms with Crippen molar-refractivity contribution in [3.05, 3.63) is 23.1 Å². The Morgan fingerprint density at radius 3 is 2.88 bits per heavy atom. The Bertz CT molecular complexity index is 313. The van der Waals surface area contributed by atoms with Crippen molar-refractivity contribution in [3.63, 3.8) is 0 Å². The van der Waals surface area contributed by atoms with Crippen LogP contribution in [0.4, 0.5) is 0 Å².